The zero-order chi connectivity index (χ0) is 14.7. The van der Waals surface area contributed by atoms with Crippen LogP contribution < -0.4 is 5.32 Å². The van der Waals surface area contributed by atoms with Crippen molar-refractivity contribution in [3.8, 4) is 0 Å². The maximum atomic E-state index is 6.28. The van der Waals surface area contributed by atoms with Gasteiger partial charge in [-0.1, -0.05) is 58.2 Å². The molecule has 0 amide bonds. The molecule has 1 nitrogen and oxygen atoms in total. The van der Waals surface area contributed by atoms with Crippen LogP contribution in [0.3, 0.4) is 0 Å². The molecule has 0 spiro atoms. The molecule has 0 aromatic heterocycles. The molecule has 0 fully saturated rings. The second-order valence-electron chi connectivity index (χ2n) is 4.38. The van der Waals surface area contributed by atoms with Crippen molar-refractivity contribution in [1.29, 1.82) is 0 Å². The summed E-state index contributed by atoms with van der Waals surface area (Å²) in [5, 5.41) is 4.52. The van der Waals surface area contributed by atoms with E-state index in [0.29, 0.717) is 10.0 Å². The van der Waals surface area contributed by atoms with E-state index in [1.54, 1.807) is 0 Å². The molecule has 1 atom stereocenters. The average Bonchev–Trinajstić information content (AvgIpc) is 2.45. The third-order valence-corrected chi connectivity index (χ3v) is 5.35. The highest BCUT2D eigenvalue weighted by atomic mass is 79.9. The van der Waals surface area contributed by atoms with Gasteiger partial charge in [-0.05, 0) is 52.2 Å². The average molecular weight is 438 g/mol. The minimum Gasteiger partial charge on any atom is -0.377 e. The van der Waals surface area contributed by atoms with Crippen molar-refractivity contribution >= 4 is 60.7 Å². The van der Waals surface area contributed by atoms with Gasteiger partial charge in [0.2, 0.25) is 0 Å². The number of nitrogens with one attached hydrogen (secondary N) is 1. The lowest BCUT2D eigenvalue weighted by molar-refractivity contribution is 0.749. The summed E-state index contributed by atoms with van der Waals surface area (Å²) in [6.45, 7) is 2.13. The van der Waals surface area contributed by atoms with E-state index in [9.17, 15) is 0 Å². The van der Waals surface area contributed by atoms with Crippen molar-refractivity contribution in [1.82, 2.24) is 0 Å². The van der Waals surface area contributed by atoms with E-state index in [2.05, 4.69) is 56.2 Å². The highest BCUT2D eigenvalue weighted by Crippen LogP contribution is 2.37. The van der Waals surface area contributed by atoms with E-state index in [0.717, 1.165) is 21.1 Å². The van der Waals surface area contributed by atoms with E-state index in [1.807, 2.05) is 24.3 Å². The standard InChI is InChI=1S/C15H13Br2Cl2N/c1-2-12(9-3-5-10(16)6-4-9)20-13-8-7-11(17)14(18)15(13)19/h3-8,12,20H,2H2,1H3. The number of hydrogen-bond donors (Lipinski definition) is 1. The molecule has 2 rings (SSSR count). The smallest absolute Gasteiger partial charge is 0.0835 e. The highest BCUT2D eigenvalue weighted by Gasteiger charge is 2.13. The molecular formula is C15H13Br2Cl2N. The van der Waals surface area contributed by atoms with Gasteiger partial charge < -0.3 is 5.32 Å². The van der Waals surface area contributed by atoms with Gasteiger partial charge in [0.1, 0.15) is 0 Å². The van der Waals surface area contributed by atoms with Crippen LogP contribution in [-0.2, 0) is 0 Å². The summed E-state index contributed by atoms with van der Waals surface area (Å²) in [5.41, 5.74) is 2.06. The molecule has 0 radical (unpaired) electrons. The van der Waals surface area contributed by atoms with Crippen LogP contribution >= 0.6 is 55.1 Å². The molecular weight excluding hydrogens is 425 g/mol. The van der Waals surface area contributed by atoms with E-state index in [1.165, 1.54) is 5.56 Å². The Labute approximate surface area is 145 Å². The largest absolute Gasteiger partial charge is 0.377 e. The Morgan fingerprint density at radius 2 is 1.65 bits per heavy atom. The predicted octanol–water partition coefficient (Wildman–Crippen LogP) is 7.08. The highest BCUT2D eigenvalue weighted by molar-refractivity contribution is 9.10. The summed E-state index contributed by atoms with van der Waals surface area (Å²) in [6.07, 6.45) is 0.950. The maximum Gasteiger partial charge on any atom is 0.0835 e. The van der Waals surface area contributed by atoms with Crippen LogP contribution in [0.5, 0.6) is 0 Å². The SMILES string of the molecule is CCC(Nc1ccc(Br)c(Cl)c1Cl)c1ccc(Br)cc1. The Kier molecular flexibility index (Phi) is 5.79. The Morgan fingerprint density at radius 1 is 1.00 bits per heavy atom. The quantitative estimate of drug-likeness (QED) is 0.504. The first-order chi connectivity index (χ1) is 9.52. The van der Waals surface area contributed by atoms with Gasteiger partial charge in [-0.3, -0.25) is 0 Å². The van der Waals surface area contributed by atoms with Crippen molar-refractivity contribution in [2.24, 2.45) is 0 Å². The molecule has 106 valence electrons. The van der Waals surface area contributed by atoms with Crippen molar-refractivity contribution < 1.29 is 0 Å². The minimum absolute atomic E-state index is 0.192. The zero-order valence-electron chi connectivity index (χ0n) is 10.8. The van der Waals surface area contributed by atoms with Gasteiger partial charge in [-0.15, -0.1) is 0 Å². The van der Waals surface area contributed by atoms with Crippen LogP contribution in [0.4, 0.5) is 5.69 Å². The number of halogens is 4. The summed E-state index contributed by atoms with van der Waals surface area (Å²) >= 11 is 19.2. The molecule has 2 aromatic rings. The van der Waals surface area contributed by atoms with Crippen LogP contribution in [0.15, 0.2) is 45.3 Å². The Morgan fingerprint density at radius 3 is 2.25 bits per heavy atom. The summed E-state index contributed by atoms with van der Waals surface area (Å²) in [4.78, 5) is 0. The molecule has 0 aliphatic heterocycles. The van der Waals surface area contributed by atoms with Gasteiger partial charge in [0, 0.05) is 8.95 Å². The first-order valence-electron chi connectivity index (χ1n) is 6.18. The normalized spacial score (nSPS) is 12.2. The van der Waals surface area contributed by atoms with E-state index in [-0.39, 0.29) is 6.04 Å². The molecule has 0 saturated carbocycles. The third-order valence-electron chi connectivity index (χ3n) is 3.05. The number of hydrogen-bond acceptors (Lipinski definition) is 1. The van der Waals surface area contributed by atoms with Gasteiger partial charge >= 0.3 is 0 Å². The van der Waals surface area contributed by atoms with Gasteiger partial charge in [0.25, 0.3) is 0 Å². The van der Waals surface area contributed by atoms with Gasteiger partial charge in [-0.25, -0.2) is 0 Å². The topological polar surface area (TPSA) is 12.0 Å². The van der Waals surface area contributed by atoms with Crippen molar-refractivity contribution in [2.45, 2.75) is 19.4 Å². The number of anilines is 1. The number of benzene rings is 2. The lowest BCUT2D eigenvalue weighted by Crippen LogP contribution is -2.10. The summed E-state index contributed by atoms with van der Waals surface area (Å²) in [7, 11) is 0. The second-order valence-corrected chi connectivity index (χ2v) is 6.91. The van der Waals surface area contributed by atoms with Crippen LogP contribution in [0.25, 0.3) is 0 Å². The van der Waals surface area contributed by atoms with Gasteiger partial charge in [0.05, 0.1) is 21.8 Å². The fourth-order valence-electron chi connectivity index (χ4n) is 1.94. The molecule has 0 bridgehead atoms. The Hall–Kier alpha value is -0.220. The second kappa shape index (κ2) is 7.17. The fraction of sp³-hybridized carbons (Fsp3) is 0.200. The molecule has 1 unspecified atom stereocenters. The molecule has 20 heavy (non-hydrogen) atoms. The molecule has 0 aliphatic rings. The van der Waals surface area contributed by atoms with Crippen LogP contribution in [0.2, 0.25) is 10.0 Å². The Bertz CT molecular complexity index is 600. The molecule has 5 heteroatoms. The monoisotopic (exact) mass is 435 g/mol. The molecule has 0 heterocycles. The van der Waals surface area contributed by atoms with Gasteiger partial charge in [0.15, 0.2) is 0 Å². The molecule has 0 aliphatic carbocycles. The first kappa shape index (κ1) is 16.2. The summed E-state index contributed by atoms with van der Waals surface area (Å²) in [5.74, 6) is 0. The van der Waals surface area contributed by atoms with Crippen molar-refractivity contribution in [3.63, 3.8) is 0 Å². The molecule has 2 aromatic carbocycles. The van der Waals surface area contributed by atoms with E-state index < -0.39 is 0 Å². The lowest BCUT2D eigenvalue weighted by Gasteiger charge is -2.20. The molecule has 0 saturated heterocycles. The van der Waals surface area contributed by atoms with Gasteiger partial charge in [-0.2, -0.15) is 0 Å². The predicted molar refractivity (Wildman–Crippen MR) is 95.0 cm³/mol. The first-order valence-corrected chi connectivity index (χ1v) is 8.52. The van der Waals surface area contributed by atoms with E-state index >= 15 is 0 Å². The summed E-state index contributed by atoms with van der Waals surface area (Å²) < 4.78 is 1.87. The van der Waals surface area contributed by atoms with E-state index in [4.69, 9.17) is 23.2 Å². The number of rotatable bonds is 4. The van der Waals surface area contributed by atoms with Crippen LogP contribution in [0.1, 0.15) is 24.9 Å². The Balaban J connectivity index is 2.27. The molecule has 1 N–H and O–H groups in total. The van der Waals surface area contributed by atoms with Crippen LogP contribution in [0, 0.1) is 0 Å². The van der Waals surface area contributed by atoms with Crippen molar-refractivity contribution in [2.75, 3.05) is 5.32 Å². The third kappa shape index (κ3) is 3.70. The van der Waals surface area contributed by atoms with Crippen molar-refractivity contribution in [3.05, 3.63) is 61.0 Å². The fourth-order valence-corrected chi connectivity index (χ4v) is 3.03. The zero-order valence-corrected chi connectivity index (χ0v) is 15.4. The van der Waals surface area contributed by atoms with Crippen LogP contribution in [-0.4, -0.2) is 0 Å². The summed E-state index contributed by atoms with van der Waals surface area (Å²) in [6, 6.07) is 12.3. The maximum absolute atomic E-state index is 6.28. The minimum atomic E-state index is 0.192. The lowest BCUT2D eigenvalue weighted by atomic mass is 10.0.